The summed E-state index contributed by atoms with van der Waals surface area (Å²) >= 11 is 0. The topological polar surface area (TPSA) is 99.8 Å². The van der Waals surface area contributed by atoms with E-state index >= 15 is 0 Å². The van der Waals surface area contributed by atoms with E-state index in [2.05, 4.69) is 15.3 Å². The molecule has 0 atom stereocenters. The smallest absolute Gasteiger partial charge is 0.410 e. The number of amides is 2. The first-order valence-electron chi connectivity index (χ1n) is 8.89. The average Bonchev–Trinajstić information content (AvgIpc) is 3.16. The highest BCUT2D eigenvalue weighted by Crippen LogP contribution is 2.23. The van der Waals surface area contributed by atoms with Gasteiger partial charge in [-0.3, -0.25) is 14.5 Å². The third-order valence-electron chi connectivity index (χ3n) is 4.55. The highest BCUT2D eigenvalue weighted by Gasteiger charge is 2.16. The van der Waals surface area contributed by atoms with Gasteiger partial charge in [-0.05, 0) is 42.5 Å². The molecule has 4 rings (SSSR count). The number of aromatic nitrogens is 3. The normalized spacial score (nSPS) is 10.7. The Morgan fingerprint density at radius 2 is 1.93 bits per heavy atom. The van der Waals surface area contributed by atoms with Crippen molar-refractivity contribution in [2.24, 2.45) is 0 Å². The molecule has 9 heteroatoms. The van der Waals surface area contributed by atoms with Gasteiger partial charge in [0, 0.05) is 30.7 Å². The van der Waals surface area contributed by atoms with Gasteiger partial charge in [0.2, 0.25) is 0 Å². The largest absolute Gasteiger partial charge is 0.465 e. The van der Waals surface area contributed by atoms with E-state index in [1.54, 1.807) is 54.2 Å². The molecule has 0 aliphatic carbocycles. The van der Waals surface area contributed by atoms with Gasteiger partial charge >= 0.3 is 6.09 Å². The molecular formula is C21H16FN5O3. The van der Waals surface area contributed by atoms with Gasteiger partial charge in [0.1, 0.15) is 17.3 Å². The number of imidazole rings is 1. The zero-order chi connectivity index (χ0) is 21.3. The first-order valence-corrected chi connectivity index (χ1v) is 8.89. The quantitative estimate of drug-likeness (QED) is 0.536. The monoisotopic (exact) mass is 405 g/mol. The van der Waals surface area contributed by atoms with Crippen LogP contribution in [0.5, 0.6) is 0 Å². The summed E-state index contributed by atoms with van der Waals surface area (Å²) in [5.41, 5.74) is 2.84. The fourth-order valence-corrected chi connectivity index (χ4v) is 3.05. The molecule has 30 heavy (non-hydrogen) atoms. The van der Waals surface area contributed by atoms with Gasteiger partial charge in [-0.25, -0.2) is 19.2 Å². The van der Waals surface area contributed by atoms with Gasteiger partial charge in [0.15, 0.2) is 0 Å². The van der Waals surface area contributed by atoms with Crippen molar-refractivity contribution in [2.75, 3.05) is 17.3 Å². The second-order valence-corrected chi connectivity index (χ2v) is 6.50. The van der Waals surface area contributed by atoms with Crippen molar-refractivity contribution < 1.29 is 19.1 Å². The van der Waals surface area contributed by atoms with Crippen molar-refractivity contribution in [2.45, 2.75) is 0 Å². The fraction of sp³-hybridized carbons (Fsp3) is 0.0476. The van der Waals surface area contributed by atoms with Gasteiger partial charge in [-0.1, -0.05) is 6.07 Å². The molecule has 3 aromatic heterocycles. The summed E-state index contributed by atoms with van der Waals surface area (Å²) in [6.07, 6.45) is 3.61. The summed E-state index contributed by atoms with van der Waals surface area (Å²) in [4.78, 5) is 33.4. The molecule has 0 spiro atoms. The van der Waals surface area contributed by atoms with E-state index in [-0.39, 0.29) is 11.7 Å². The number of fused-ring (bicyclic) bond motifs is 1. The number of carbonyl (C=O) groups excluding carboxylic acids is 1. The van der Waals surface area contributed by atoms with Crippen LogP contribution in [0.4, 0.5) is 20.7 Å². The minimum atomic E-state index is -1.20. The van der Waals surface area contributed by atoms with E-state index in [1.807, 2.05) is 0 Å². The number of nitrogens with one attached hydrogen (secondary N) is 1. The Morgan fingerprint density at radius 3 is 2.63 bits per heavy atom. The third-order valence-corrected chi connectivity index (χ3v) is 4.55. The van der Waals surface area contributed by atoms with Crippen molar-refractivity contribution in [3.05, 3.63) is 78.5 Å². The zero-order valence-electron chi connectivity index (χ0n) is 15.8. The molecular weight excluding hydrogens is 389 g/mol. The maximum atomic E-state index is 13.5. The van der Waals surface area contributed by atoms with Crippen molar-refractivity contribution in [3.8, 4) is 11.3 Å². The summed E-state index contributed by atoms with van der Waals surface area (Å²) in [6.45, 7) is 0. The van der Waals surface area contributed by atoms with E-state index in [0.717, 1.165) is 0 Å². The summed E-state index contributed by atoms with van der Waals surface area (Å²) in [6, 6.07) is 12.4. The van der Waals surface area contributed by atoms with Crippen LogP contribution < -0.4 is 10.2 Å². The maximum absolute atomic E-state index is 13.5. The molecule has 8 nitrogen and oxygen atoms in total. The van der Waals surface area contributed by atoms with Crippen LogP contribution in [-0.4, -0.2) is 38.5 Å². The molecule has 0 bridgehead atoms. The maximum Gasteiger partial charge on any atom is 0.410 e. The van der Waals surface area contributed by atoms with Crippen LogP contribution in [-0.2, 0) is 0 Å². The molecule has 1 aromatic carbocycles. The Hall–Kier alpha value is -4.27. The van der Waals surface area contributed by atoms with E-state index in [4.69, 9.17) is 5.11 Å². The molecule has 0 saturated heterocycles. The Labute approximate surface area is 170 Å². The van der Waals surface area contributed by atoms with Crippen molar-refractivity contribution in [1.82, 2.24) is 14.4 Å². The predicted octanol–water partition coefficient (Wildman–Crippen LogP) is 3.90. The van der Waals surface area contributed by atoms with Crippen molar-refractivity contribution in [3.63, 3.8) is 0 Å². The van der Waals surface area contributed by atoms with E-state index < -0.39 is 11.9 Å². The molecule has 0 radical (unpaired) electrons. The number of hydrogen-bond donors (Lipinski definition) is 2. The fourth-order valence-electron chi connectivity index (χ4n) is 3.05. The van der Waals surface area contributed by atoms with Crippen molar-refractivity contribution in [1.29, 1.82) is 0 Å². The SMILES string of the molecule is CN(C(=O)c1ccc2ncc(-c3ccc(NC(=O)O)nc3)n2c1)c1cccc(F)c1. The standard InChI is InChI=1S/C21H16FN5O3/c1-26(16-4-2-3-15(22)9-16)20(28)14-6-8-19-24-11-17(27(19)12-14)13-5-7-18(23-10-13)25-21(29)30/h2-12H,1H3,(H,23,25)(H,29,30). The number of pyridine rings is 2. The van der Waals surface area contributed by atoms with E-state index in [1.165, 1.54) is 29.3 Å². The minimum Gasteiger partial charge on any atom is -0.465 e. The molecule has 0 unspecified atom stereocenters. The Bertz CT molecular complexity index is 1250. The summed E-state index contributed by atoms with van der Waals surface area (Å²) in [5.74, 6) is -0.526. The number of anilines is 2. The van der Waals surface area contributed by atoms with Crippen molar-refractivity contribution >= 4 is 29.2 Å². The number of hydrogen-bond acceptors (Lipinski definition) is 4. The highest BCUT2D eigenvalue weighted by molar-refractivity contribution is 6.05. The van der Waals surface area contributed by atoms with Crippen LogP contribution in [0.25, 0.3) is 16.9 Å². The van der Waals surface area contributed by atoms with Crippen LogP contribution >= 0.6 is 0 Å². The molecule has 0 aliphatic heterocycles. The number of rotatable bonds is 4. The Balaban J connectivity index is 1.67. The summed E-state index contributed by atoms with van der Waals surface area (Å²) < 4.78 is 15.2. The van der Waals surface area contributed by atoms with Crippen LogP contribution in [0, 0.1) is 5.82 Å². The van der Waals surface area contributed by atoms with Gasteiger partial charge in [-0.15, -0.1) is 0 Å². The van der Waals surface area contributed by atoms with E-state index in [9.17, 15) is 14.0 Å². The summed E-state index contributed by atoms with van der Waals surface area (Å²) in [5, 5.41) is 10.9. The molecule has 0 saturated carbocycles. The van der Waals surface area contributed by atoms with Crippen LogP contribution in [0.2, 0.25) is 0 Å². The highest BCUT2D eigenvalue weighted by atomic mass is 19.1. The lowest BCUT2D eigenvalue weighted by Crippen LogP contribution is -2.26. The van der Waals surface area contributed by atoms with Crippen LogP contribution in [0.3, 0.4) is 0 Å². The first-order chi connectivity index (χ1) is 14.4. The zero-order valence-corrected chi connectivity index (χ0v) is 15.8. The second kappa shape index (κ2) is 7.63. The number of halogens is 1. The number of carboxylic acid groups (broad SMARTS) is 1. The third kappa shape index (κ3) is 3.68. The lowest BCUT2D eigenvalue weighted by atomic mass is 10.2. The second-order valence-electron chi connectivity index (χ2n) is 6.50. The molecule has 3 heterocycles. The molecule has 2 amide bonds. The Kier molecular flexibility index (Phi) is 4.85. The van der Waals surface area contributed by atoms with Gasteiger partial charge in [0.25, 0.3) is 5.91 Å². The predicted molar refractivity (Wildman–Crippen MR) is 109 cm³/mol. The minimum absolute atomic E-state index is 0.202. The van der Waals surface area contributed by atoms with Crippen LogP contribution in [0.1, 0.15) is 10.4 Å². The first kappa shape index (κ1) is 19.1. The van der Waals surface area contributed by atoms with Gasteiger partial charge < -0.3 is 10.0 Å². The molecule has 2 N–H and O–H groups in total. The van der Waals surface area contributed by atoms with Crippen LogP contribution in [0.15, 0.2) is 67.1 Å². The van der Waals surface area contributed by atoms with Gasteiger partial charge in [-0.2, -0.15) is 0 Å². The molecule has 4 aromatic rings. The summed E-state index contributed by atoms with van der Waals surface area (Å²) in [7, 11) is 1.58. The Morgan fingerprint density at radius 1 is 1.10 bits per heavy atom. The number of carbonyl (C=O) groups is 2. The lowest BCUT2D eigenvalue weighted by Gasteiger charge is -2.17. The molecule has 0 fully saturated rings. The molecule has 150 valence electrons. The van der Waals surface area contributed by atoms with Gasteiger partial charge in [0.05, 0.1) is 17.5 Å². The average molecular weight is 405 g/mol. The molecule has 0 aliphatic rings. The number of nitrogens with zero attached hydrogens (tertiary/aromatic N) is 4. The lowest BCUT2D eigenvalue weighted by molar-refractivity contribution is 0.0992. The number of benzene rings is 1. The van der Waals surface area contributed by atoms with E-state index in [0.29, 0.717) is 28.2 Å².